The van der Waals surface area contributed by atoms with Gasteiger partial charge in [-0.05, 0) is 84.8 Å². The Morgan fingerprint density at radius 3 is 2.38 bits per heavy atom. The third-order valence-corrected chi connectivity index (χ3v) is 7.93. The minimum absolute atomic E-state index is 0.00408. The normalized spacial score (nSPS) is 11.2. The molecule has 0 spiro atoms. The van der Waals surface area contributed by atoms with Crippen LogP contribution in [0.1, 0.15) is 21.5 Å². The molecule has 0 unspecified atom stereocenters. The molecule has 0 aliphatic rings. The van der Waals surface area contributed by atoms with Crippen molar-refractivity contribution >= 4 is 67.9 Å². The molecule has 1 aromatic heterocycles. The van der Waals surface area contributed by atoms with E-state index in [-0.39, 0.29) is 17.4 Å². The minimum atomic E-state index is -0.547. The zero-order chi connectivity index (χ0) is 29.5. The number of carbonyl (C=O) groups excluding carboxylic acids is 3. The van der Waals surface area contributed by atoms with E-state index in [1.54, 1.807) is 54.6 Å². The molecule has 5 aromatic rings. The highest BCUT2D eigenvalue weighted by molar-refractivity contribution is 8.00. The van der Waals surface area contributed by atoms with Crippen LogP contribution in [0, 0.1) is 12.7 Å². The fraction of sp³-hybridized carbons (Fsp3) is 0.0625. The molecule has 0 saturated heterocycles. The number of aromatic nitrogens is 1. The minimum Gasteiger partial charge on any atom is -0.321 e. The predicted molar refractivity (Wildman–Crippen MR) is 167 cm³/mol. The highest BCUT2D eigenvalue weighted by Gasteiger charge is 2.15. The van der Waals surface area contributed by atoms with Crippen LogP contribution in [0.3, 0.4) is 0 Å². The van der Waals surface area contributed by atoms with Crippen LogP contribution < -0.4 is 16.0 Å². The van der Waals surface area contributed by atoms with Crippen molar-refractivity contribution < 1.29 is 18.8 Å². The molecule has 0 aliphatic heterocycles. The lowest BCUT2D eigenvalue weighted by Gasteiger charge is -2.12. The first-order chi connectivity index (χ1) is 20.3. The average Bonchev–Trinajstić information content (AvgIpc) is 3.39. The Kier molecular flexibility index (Phi) is 9.05. The topological polar surface area (TPSA) is 100 Å². The number of amides is 3. The van der Waals surface area contributed by atoms with Crippen molar-refractivity contribution in [1.82, 2.24) is 10.3 Å². The van der Waals surface area contributed by atoms with Gasteiger partial charge in [-0.25, -0.2) is 9.37 Å². The third-order valence-electron chi connectivity index (χ3n) is 5.98. The van der Waals surface area contributed by atoms with Crippen LogP contribution in [0.25, 0.3) is 16.3 Å². The largest absolute Gasteiger partial charge is 0.321 e. The summed E-state index contributed by atoms with van der Waals surface area (Å²) in [6, 6.07) is 27.1. The fourth-order valence-electron chi connectivity index (χ4n) is 3.89. The van der Waals surface area contributed by atoms with Gasteiger partial charge in [0.25, 0.3) is 11.8 Å². The number of halogens is 1. The highest BCUT2D eigenvalue weighted by atomic mass is 32.2. The molecule has 0 bridgehead atoms. The maximum atomic E-state index is 13.4. The molecule has 0 fully saturated rings. The number of carbonyl (C=O) groups is 3. The molecule has 0 atom stereocenters. The Balaban J connectivity index is 1.20. The summed E-state index contributed by atoms with van der Waals surface area (Å²) in [5, 5.41) is 8.84. The average molecular weight is 597 g/mol. The summed E-state index contributed by atoms with van der Waals surface area (Å²) in [6.07, 6.45) is 1.48. The Morgan fingerprint density at radius 1 is 0.905 bits per heavy atom. The number of nitrogens with zero attached hydrogens (tertiary/aromatic N) is 1. The molecular formula is C32H25FN4O3S2. The van der Waals surface area contributed by atoms with E-state index in [0.717, 1.165) is 20.7 Å². The molecule has 10 heteroatoms. The molecule has 1 heterocycles. The fourth-order valence-corrected chi connectivity index (χ4v) is 5.57. The monoisotopic (exact) mass is 596 g/mol. The molecule has 5 rings (SSSR count). The summed E-state index contributed by atoms with van der Waals surface area (Å²) in [5.41, 5.74) is 3.41. The van der Waals surface area contributed by atoms with Crippen LogP contribution in [0.5, 0.6) is 0 Å². The van der Waals surface area contributed by atoms with Crippen LogP contribution >= 0.6 is 23.1 Å². The van der Waals surface area contributed by atoms with E-state index in [4.69, 9.17) is 0 Å². The lowest BCUT2D eigenvalue weighted by Crippen LogP contribution is -2.30. The standard InChI is InChI=1S/C32H25FN4O3S2/c1-20-7-16-26-28(17-20)42-32(36-26)37-29(38)19-41-25-14-12-24(13-15-25)34-31(40)27(18-21-8-10-23(33)11-9-21)35-30(39)22-5-3-2-4-6-22/h2-18H,19H2,1H3,(H,34,40)(H,35,39)(H,36,37,38)/b27-18-. The highest BCUT2D eigenvalue weighted by Crippen LogP contribution is 2.27. The van der Waals surface area contributed by atoms with E-state index in [1.807, 2.05) is 25.1 Å². The molecule has 42 heavy (non-hydrogen) atoms. The van der Waals surface area contributed by atoms with E-state index in [9.17, 15) is 18.8 Å². The van der Waals surface area contributed by atoms with Crippen LogP contribution in [-0.4, -0.2) is 28.5 Å². The van der Waals surface area contributed by atoms with E-state index < -0.39 is 17.6 Å². The second kappa shape index (κ2) is 13.2. The number of rotatable bonds is 9. The molecule has 4 aromatic carbocycles. The first kappa shape index (κ1) is 28.7. The van der Waals surface area contributed by atoms with Gasteiger partial charge in [0.1, 0.15) is 11.5 Å². The number of fused-ring (bicyclic) bond motifs is 1. The predicted octanol–water partition coefficient (Wildman–Crippen LogP) is 6.88. The van der Waals surface area contributed by atoms with Crippen molar-refractivity contribution in [1.29, 1.82) is 0 Å². The van der Waals surface area contributed by atoms with E-state index in [2.05, 4.69) is 20.9 Å². The summed E-state index contributed by atoms with van der Waals surface area (Å²) in [4.78, 5) is 43.7. The number of hydrogen-bond acceptors (Lipinski definition) is 6. The van der Waals surface area contributed by atoms with Gasteiger partial charge in [0.2, 0.25) is 5.91 Å². The lowest BCUT2D eigenvalue weighted by atomic mass is 10.1. The SMILES string of the molecule is Cc1ccc2nc(NC(=O)CSc3ccc(NC(=O)/C(=C/c4ccc(F)cc4)NC(=O)c4ccccc4)cc3)sc2c1. The van der Waals surface area contributed by atoms with Crippen LogP contribution in [0.15, 0.2) is 108 Å². The van der Waals surface area contributed by atoms with Crippen LogP contribution in [-0.2, 0) is 9.59 Å². The summed E-state index contributed by atoms with van der Waals surface area (Å²) < 4.78 is 14.4. The van der Waals surface area contributed by atoms with Gasteiger partial charge in [-0.3, -0.25) is 14.4 Å². The van der Waals surface area contributed by atoms with Crippen molar-refractivity contribution in [2.24, 2.45) is 0 Å². The van der Waals surface area contributed by atoms with Crippen molar-refractivity contribution in [3.63, 3.8) is 0 Å². The van der Waals surface area contributed by atoms with Gasteiger partial charge in [0.15, 0.2) is 5.13 Å². The number of aryl methyl sites for hydroxylation is 1. The molecule has 0 radical (unpaired) electrons. The third kappa shape index (κ3) is 7.68. The van der Waals surface area contributed by atoms with Crippen molar-refractivity contribution in [3.05, 3.63) is 125 Å². The maximum absolute atomic E-state index is 13.4. The van der Waals surface area contributed by atoms with E-state index in [1.165, 1.54) is 53.4 Å². The molecule has 3 N–H and O–H groups in total. The molecule has 7 nitrogen and oxygen atoms in total. The number of thioether (sulfide) groups is 1. The number of thiazole rings is 1. The van der Waals surface area contributed by atoms with Gasteiger partial charge >= 0.3 is 0 Å². The van der Waals surface area contributed by atoms with Gasteiger partial charge < -0.3 is 16.0 Å². The smallest absolute Gasteiger partial charge is 0.272 e. The second-order valence-electron chi connectivity index (χ2n) is 9.24. The Labute approximate surface area is 249 Å². The number of anilines is 2. The van der Waals surface area contributed by atoms with Gasteiger partial charge in [-0.2, -0.15) is 0 Å². The van der Waals surface area contributed by atoms with Gasteiger partial charge in [-0.1, -0.05) is 47.7 Å². The van der Waals surface area contributed by atoms with Crippen molar-refractivity contribution in [3.8, 4) is 0 Å². The first-order valence-electron chi connectivity index (χ1n) is 12.9. The lowest BCUT2D eigenvalue weighted by molar-refractivity contribution is -0.114. The Bertz CT molecular complexity index is 1770. The molecule has 210 valence electrons. The summed E-state index contributed by atoms with van der Waals surface area (Å²) in [5.74, 6) is -1.39. The van der Waals surface area contributed by atoms with Gasteiger partial charge in [-0.15, -0.1) is 11.8 Å². The number of hydrogen-bond donors (Lipinski definition) is 3. The van der Waals surface area contributed by atoms with Crippen molar-refractivity contribution in [2.45, 2.75) is 11.8 Å². The second-order valence-corrected chi connectivity index (χ2v) is 11.3. The molecule has 0 saturated carbocycles. The molecular weight excluding hydrogens is 572 g/mol. The Hall–Kier alpha value is -4.80. The zero-order valence-electron chi connectivity index (χ0n) is 22.4. The number of benzene rings is 4. The van der Waals surface area contributed by atoms with Crippen LogP contribution in [0.2, 0.25) is 0 Å². The molecule has 0 aliphatic carbocycles. The van der Waals surface area contributed by atoms with Crippen LogP contribution in [0.4, 0.5) is 15.2 Å². The van der Waals surface area contributed by atoms with Gasteiger partial charge in [0.05, 0.1) is 16.0 Å². The van der Waals surface area contributed by atoms with Crippen molar-refractivity contribution in [2.75, 3.05) is 16.4 Å². The summed E-state index contributed by atoms with van der Waals surface area (Å²) in [6.45, 7) is 2.01. The zero-order valence-corrected chi connectivity index (χ0v) is 24.0. The number of nitrogens with one attached hydrogen (secondary N) is 3. The van der Waals surface area contributed by atoms with E-state index in [0.29, 0.717) is 21.9 Å². The summed E-state index contributed by atoms with van der Waals surface area (Å²) in [7, 11) is 0. The first-order valence-corrected chi connectivity index (χ1v) is 14.7. The maximum Gasteiger partial charge on any atom is 0.272 e. The quantitative estimate of drug-likeness (QED) is 0.127. The van der Waals surface area contributed by atoms with E-state index >= 15 is 0 Å². The Morgan fingerprint density at radius 2 is 1.64 bits per heavy atom. The van der Waals surface area contributed by atoms with Gasteiger partial charge in [0, 0.05) is 16.1 Å². The summed E-state index contributed by atoms with van der Waals surface area (Å²) >= 11 is 2.79. The molecule has 3 amide bonds.